The minimum absolute atomic E-state index is 0.146. The predicted octanol–water partition coefficient (Wildman–Crippen LogP) is 4.84. The molecule has 2 nitrogen and oxygen atoms in total. The Morgan fingerprint density at radius 2 is 1.84 bits per heavy atom. The number of ether oxygens (including phenoxy) is 1. The van der Waals surface area contributed by atoms with Crippen molar-refractivity contribution >= 4 is 19.0 Å². The van der Waals surface area contributed by atoms with Crippen LogP contribution in [0.2, 0.25) is 18.6 Å². The molecule has 1 fully saturated rings. The molecule has 0 aromatic heterocycles. The Morgan fingerprint density at radius 1 is 1.16 bits per heavy atom. The van der Waals surface area contributed by atoms with Crippen LogP contribution >= 0.6 is 0 Å². The summed E-state index contributed by atoms with van der Waals surface area (Å²) in [6, 6.07) is 10.9. The van der Waals surface area contributed by atoms with Crippen molar-refractivity contribution in [1.82, 2.24) is 0 Å². The Kier molecular flexibility index (Phi) is 4.57. The summed E-state index contributed by atoms with van der Waals surface area (Å²) in [4.78, 5) is 13.2. The zero-order valence-corrected chi connectivity index (χ0v) is 17.1. The molecule has 0 bridgehead atoms. The van der Waals surface area contributed by atoms with Crippen LogP contribution in [0.15, 0.2) is 54.3 Å². The van der Waals surface area contributed by atoms with Gasteiger partial charge in [-0.1, -0.05) is 68.5 Å². The van der Waals surface area contributed by atoms with Crippen molar-refractivity contribution in [2.45, 2.75) is 51.7 Å². The molecule has 3 rings (SSSR count). The maximum absolute atomic E-state index is 13.2. The third kappa shape index (κ3) is 2.73. The number of benzene rings is 1. The maximum Gasteiger partial charge on any atom is 0.139 e. The van der Waals surface area contributed by atoms with Gasteiger partial charge in [0.1, 0.15) is 11.5 Å². The lowest BCUT2D eigenvalue weighted by molar-refractivity contribution is -0.129. The van der Waals surface area contributed by atoms with E-state index >= 15 is 0 Å². The lowest BCUT2D eigenvalue weighted by Crippen LogP contribution is -2.55. The normalized spacial score (nSPS) is 32.6. The summed E-state index contributed by atoms with van der Waals surface area (Å²) in [5.74, 6) is 1.35. The first-order valence-corrected chi connectivity index (χ1v) is 12.4. The van der Waals surface area contributed by atoms with Gasteiger partial charge in [-0.05, 0) is 30.5 Å². The highest BCUT2D eigenvalue weighted by Crippen LogP contribution is 2.61. The minimum atomic E-state index is -1.79. The molecule has 0 saturated heterocycles. The van der Waals surface area contributed by atoms with E-state index < -0.39 is 8.07 Å². The van der Waals surface area contributed by atoms with Crippen molar-refractivity contribution in [2.24, 2.45) is 10.8 Å². The zero-order chi connectivity index (χ0) is 18.3. The number of hydrogen-bond donors (Lipinski definition) is 0. The van der Waals surface area contributed by atoms with Gasteiger partial charge in [-0.3, -0.25) is 4.79 Å². The summed E-state index contributed by atoms with van der Waals surface area (Å²) in [5.41, 5.74) is -0.0148. The van der Waals surface area contributed by atoms with Crippen LogP contribution in [0.25, 0.3) is 0 Å². The lowest BCUT2D eigenvalue weighted by atomic mass is 9.60. The molecule has 0 amide bonds. The fourth-order valence-electron chi connectivity index (χ4n) is 5.14. The van der Waals surface area contributed by atoms with E-state index in [0.29, 0.717) is 17.7 Å². The van der Waals surface area contributed by atoms with Gasteiger partial charge < -0.3 is 4.74 Å². The molecule has 1 aromatic rings. The molecule has 3 atom stereocenters. The van der Waals surface area contributed by atoms with Crippen LogP contribution in [-0.4, -0.2) is 21.0 Å². The molecule has 2 unspecified atom stereocenters. The third-order valence-electron chi connectivity index (χ3n) is 7.09. The maximum atomic E-state index is 13.2. The van der Waals surface area contributed by atoms with Crippen LogP contribution in [0.5, 0.6) is 0 Å². The second-order valence-corrected chi connectivity index (χ2v) is 13.3. The van der Waals surface area contributed by atoms with Crippen LogP contribution in [-0.2, 0) is 9.53 Å². The molecule has 25 heavy (non-hydrogen) atoms. The minimum Gasteiger partial charge on any atom is -0.497 e. The molecule has 3 heteroatoms. The van der Waals surface area contributed by atoms with E-state index in [4.69, 9.17) is 4.74 Å². The number of methoxy groups -OCH3 is 1. The van der Waals surface area contributed by atoms with E-state index in [1.807, 2.05) is 0 Å². The van der Waals surface area contributed by atoms with Gasteiger partial charge in [-0.15, -0.1) is 0 Å². The number of rotatable bonds is 4. The van der Waals surface area contributed by atoms with Crippen LogP contribution in [0.4, 0.5) is 0 Å². The number of carbonyl (C=O) groups excluding carboxylic acids is 1. The van der Waals surface area contributed by atoms with Crippen molar-refractivity contribution in [1.29, 1.82) is 0 Å². The van der Waals surface area contributed by atoms with Crippen LogP contribution in [0, 0.1) is 10.8 Å². The van der Waals surface area contributed by atoms with E-state index in [0.717, 1.165) is 18.6 Å². The van der Waals surface area contributed by atoms with E-state index in [-0.39, 0.29) is 10.8 Å². The zero-order valence-electron chi connectivity index (χ0n) is 16.1. The molecule has 0 spiro atoms. The molecular formula is C22H30O2Si. The molecule has 134 valence electrons. The Bertz CT molecular complexity index is 719. The van der Waals surface area contributed by atoms with Gasteiger partial charge in [0.15, 0.2) is 0 Å². The van der Waals surface area contributed by atoms with Gasteiger partial charge in [0.25, 0.3) is 0 Å². The molecule has 0 radical (unpaired) electrons. The summed E-state index contributed by atoms with van der Waals surface area (Å²) in [6.07, 6.45) is 9.03. The fourth-order valence-corrected chi connectivity index (χ4v) is 9.39. The van der Waals surface area contributed by atoms with Crippen LogP contribution < -0.4 is 5.19 Å². The van der Waals surface area contributed by atoms with Gasteiger partial charge in [0, 0.05) is 17.3 Å². The topological polar surface area (TPSA) is 26.3 Å². The number of Topliss-reactive ketones (excluding diaryl/α,β-unsaturated/α-hetero) is 1. The highest BCUT2D eigenvalue weighted by atomic mass is 28.3. The monoisotopic (exact) mass is 354 g/mol. The first kappa shape index (κ1) is 18.2. The van der Waals surface area contributed by atoms with E-state index in [1.165, 1.54) is 5.19 Å². The van der Waals surface area contributed by atoms with Crippen molar-refractivity contribution in [3.63, 3.8) is 0 Å². The van der Waals surface area contributed by atoms with E-state index in [9.17, 15) is 4.79 Å². The molecule has 2 aliphatic rings. The first-order valence-electron chi connectivity index (χ1n) is 9.28. The number of carbonyl (C=O) groups is 1. The standard InChI is InChI=1S/C22H30O2Si/c1-21(15-13-17(24-3)14-16-21)22(2)19(23)11-12-20(22)25(4,5)18-9-7-6-8-10-18/h6-10,13-15,20H,11-12,16H2,1-5H3/t20?,21-,22?/m0/s1. The summed E-state index contributed by atoms with van der Waals surface area (Å²) in [7, 11) is -0.0827. The van der Waals surface area contributed by atoms with E-state index in [1.54, 1.807) is 7.11 Å². The summed E-state index contributed by atoms with van der Waals surface area (Å²) in [5, 5.41) is 1.46. The number of ketones is 1. The average molecular weight is 355 g/mol. The smallest absolute Gasteiger partial charge is 0.139 e. The summed E-state index contributed by atoms with van der Waals surface area (Å²) < 4.78 is 5.37. The molecule has 0 N–H and O–H groups in total. The number of hydrogen-bond acceptors (Lipinski definition) is 2. The van der Waals surface area contributed by atoms with Crippen molar-refractivity contribution in [3.8, 4) is 0 Å². The largest absolute Gasteiger partial charge is 0.497 e. The molecule has 0 aliphatic heterocycles. The Balaban J connectivity index is 2.03. The Morgan fingerprint density at radius 3 is 2.40 bits per heavy atom. The second-order valence-electron chi connectivity index (χ2n) is 8.57. The van der Waals surface area contributed by atoms with Gasteiger partial charge in [-0.2, -0.15) is 0 Å². The Labute approximate surface area is 153 Å². The van der Waals surface area contributed by atoms with Gasteiger partial charge in [0.2, 0.25) is 0 Å². The Hall–Kier alpha value is -1.61. The first-order chi connectivity index (χ1) is 11.8. The molecular weight excluding hydrogens is 324 g/mol. The molecule has 1 aromatic carbocycles. The van der Waals surface area contributed by atoms with E-state index in [2.05, 4.69) is 75.5 Å². The fraction of sp³-hybridized carbons (Fsp3) is 0.500. The average Bonchev–Trinajstić information content (AvgIpc) is 2.94. The highest BCUT2D eigenvalue weighted by Gasteiger charge is 2.60. The van der Waals surface area contributed by atoms with Gasteiger partial charge in [0.05, 0.1) is 15.2 Å². The third-order valence-corrected chi connectivity index (χ3v) is 11.5. The summed E-state index contributed by atoms with van der Waals surface area (Å²) >= 11 is 0. The quantitative estimate of drug-likeness (QED) is 0.723. The molecule has 0 heterocycles. The van der Waals surface area contributed by atoms with Crippen molar-refractivity contribution < 1.29 is 9.53 Å². The number of allylic oxidation sites excluding steroid dienone is 3. The predicted molar refractivity (Wildman–Crippen MR) is 107 cm³/mol. The summed E-state index contributed by atoms with van der Waals surface area (Å²) in [6.45, 7) is 9.38. The second kappa shape index (κ2) is 6.28. The van der Waals surface area contributed by atoms with Gasteiger partial charge >= 0.3 is 0 Å². The van der Waals surface area contributed by atoms with Crippen molar-refractivity contribution in [3.05, 3.63) is 54.3 Å². The molecule has 2 aliphatic carbocycles. The molecule has 1 saturated carbocycles. The highest BCUT2D eigenvalue weighted by molar-refractivity contribution is 6.91. The van der Waals surface area contributed by atoms with Crippen molar-refractivity contribution in [2.75, 3.05) is 7.11 Å². The lowest BCUT2D eigenvalue weighted by Gasteiger charge is -2.50. The SMILES string of the molecule is COC1=CC[C@@](C)(C2(C)C(=O)CCC2[Si](C)(C)c2ccccc2)C=C1. The van der Waals surface area contributed by atoms with Crippen LogP contribution in [0.3, 0.4) is 0 Å². The van der Waals surface area contributed by atoms with Gasteiger partial charge in [-0.25, -0.2) is 0 Å². The van der Waals surface area contributed by atoms with Crippen LogP contribution in [0.1, 0.15) is 33.1 Å².